The van der Waals surface area contributed by atoms with Gasteiger partial charge in [0.15, 0.2) is 0 Å². The van der Waals surface area contributed by atoms with E-state index in [1.165, 1.54) is 4.57 Å². The van der Waals surface area contributed by atoms with Crippen LogP contribution in [0.15, 0.2) is 30.3 Å². The van der Waals surface area contributed by atoms with Crippen LogP contribution in [0.3, 0.4) is 0 Å². The third-order valence-corrected chi connectivity index (χ3v) is 7.46. The van der Waals surface area contributed by atoms with Gasteiger partial charge >= 0.3 is 0 Å². The molecule has 0 radical (unpaired) electrons. The Labute approximate surface area is 240 Å². The number of aromatic nitrogens is 3. The van der Waals surface area contributed by atoms with Crippen LogP contribution in [-0.4, -0.2) is 50.1 Å². The van der Waals surface area contributed by atoms with Gasteiger partial charge in [0.05, 0.1) is 6.04 Å². The second-order valence-electron chi connectivity index (χ2n) is 9.90. The van der Waals surface area contributed by atoms with Gasteiger partial charge in [-0.25, -0.2) is 8.78 Å². The molecule has 1 aromatic heterocycles. The molecule has 1 amide bonds. The van der Waals surface area contributed by atoms with Crippen molar-refractivity contribution >= 4 is 5.91 Å². The Kier molecular flexibility index (Phi) is 3.98. The summed E-state index contributed by atoms with van der Waals surface area (Å²) in [6, 6.07) is 6.42. The van der Waals surface area contributed by atoms with Crippen molar-refractivity contribution in [2.45, 2.75) is 114 Å². The van der Waals surface area contributed by atoms with Gasteiger partial charge in [-0.2, -0.15) is 0 Å². The standard InChI is InChI=1S/C29H41F2N5O/c1-19(2)27-34-33-20(3)36(27)25-17-23-9-10-24(18-25)35(23)16-13-26(21-7-5-4-6-8-21)32-28(37)22-11-14-29(30,31)15-12-22/h4-8,19,22-26H,9-18H2,1-3H3,(H,32,37)/i1D3,3D3,11D2,12D2,14D2,15D2,19D. The fourth-order valence-corrected chi connectivity index (χ4v) is 5.78. The number of nitrogens with zero attached hydrogens (tertiary/aromatic N) is 4. The first-order valence-corrected chi connectivity index (χ1v) is 12.5. The van der Waals surface area contributed by atoms with Crippen molar-refractivity contribution in [3.05, 3.63) is 47.5 Å². The molecule has 4 unspecified atom stereocenters. The summed E-state index contributed by atoms with van der Waals surface area (Å²) < 4.78 is 152. The molecular weight excluding hydrogens is 472 g/mol. The molecule has 1 N–H and O–H groups in total. The predicted molar refractivity (Wildman–Crippen MR) is 139 cm³/mol. The highest BCUT2D eigenvalue weighted by Crippen LogP contribution is 2.42. The summed E-state index contributed by atoms with van der Waals surface area (Å²) in [5, 5.41) is 10.2. The lowest BCUT2D eigenvalue weighted by atomic mass is 9.86. The van der Waals surface area contributed by atoms with Gasteiger partial charge in [-0.3, -0.25) is 9.69 Å². The van der Waals surface area contributed by atoms with Crippen LogP contribution in [0.2, 0.25) is 0 Å². The van der Waals surface area contributed by atoms with Gasteiger partial charge in [-0.15, -0.1) is 10.2 Å². The van der Waals surface area contributed by atoms with Gasteiger partial charge in [0.1, 0.15) is 11.6 Å². The Morgan fingerprint density at radius 3 is 2.54 bits per heavy atom. The van der Waals surface area contributed by atoms with Gasteiger partial charge in [-0.05, 0) is 57.3 Å². The molecule has 8 heteroatoms. The van der Waals surface area contributed by atoms with Crippen LogP contribution in [0.5, 0.6) is 0 Å². The first-order chi connectivity index (χ1) is 23.5. The molecule has 0 spiro atoms. The molecule has 202 valence electrons. The third kappa shape index (κ3) is 5.74. The van der Waals surface area contributed by atoms with E-state index in [1.807, 2.05) is 0 Å². The maximum atomic E-state index is 15.0. The number of aryl methyl sites for hydroxylation is 1. The number of hydrogen-bond acceptors (Lipinski definition) is 4. The van der Waals surface area contributed by atoms with Crippen molar-refractivity contribution in [1.82, 2.24) is 25.0 Å². The van der Waals surface area contributed by atoms with Gasteiger partial charge in [0, 0.05) is 69.8 Å². The van der Waals surface area contributed by atoms with Crippen LogP contribution < -0.4 is 5.32 Å². The van der Waals surface area contributed by atoms with E-state index < -0.39 is 80.7 Å². The summed E-state index contributed by atoms with van der Waals surface area (Å²) in [4.78, 5) is 15.9. The number of alkyl halides is 2. The number of halogens is 2. The number of amides is 1. The minimum atomic E-state index is -5.13. The smallest absolute Gasteiger partial charge is 0.248 e. The monoisotopic (exact) mass is 528 g/mol. The second kappa shape index (κ2) is 10.8. The molecule has 6 nitrogen and oxygen atoms in total. The largest absolute Gasteiger partial charge is 0.349 e. The summed E-state index contributed by atoms with van der Waals surface area (Å²) >= 11 is 0. The quantitative estimate of drug-likeness (QED) is 0.460. The van der Waals surface area contributed by atoms with Crippen LogP contribution >= 0.6 is 0 Å². The van der Waals surface area contributed by atoms with E-state index in [0.29, 0.717) is 37.8 Å². The number of nitrogens with one attached hydrogen (secondary N) is 1. The van der Waals surface area contributed by atoms with E-state index >= 15 is 8.78 Å². The average molecular weight is 529 g/mol. The Hall–Kier alpha value is -2.35. The summed E-state index contributed by atoms with van der Waals surface area (Å²) in [5.74, 6) is -12.4. The molecular formula is C29H41F2N5O. The number of fused-ring (bicyclic) bond motifs is 2. The van der Waals surface area contributed by atoms with E-state index in [0.717, 1.165) is 6.92 Å². The van der Waals surface area contributed by atoms with Crippen LogP contribution in [0.1, 0.15) is 127 Å². The molecule has 4 atom stereocenters. The van der Waals surface area contributed by atoms with Crippen molar-refractivity contribution < 1.29 is 34.1 Å². The highest BCUT2D eigenvalue weighted by molar-refractivity contribution is 5.79. The van der Waals surface area contributed by atoms with Crippen molar-refractivity contribution in [2.75, 3.05) is 6.54 Å². The minimum absolute atomic E-state index is 0.129. The molecule has 2 aliphatic heterocycles. The van der Waals surface area contributed by atoms with Crippen LogP contribution in [0, 0.1) is 12.8 Å². The van der Waals surface area contributed by atoms with E-state index in [2.05, 4.69) is 20.4 Å². The van der Waals surface area contributed by atoms with Crippen molar-refractivity contribution in [3.63, 3.8) is 0 Å². The number of carbonyl (C=O) groups excluding carboxylic acids is 1. The number of rotatable bonds is 8. The highest BCUT2D eigenvalue weighted by Gasteiger charge is 2.42. The summed E-state index contributed by atoms with van der Waals surface area (Å²) in [5.41, 5.74) is 0.488. The van der Waals surface area contributed by atoms with Gasteiger partial charge < -0.3 is 9.88 Å². The van der Waals surface area contributed by atoms with Crippen molar-refractivity contribution in [1.29, 1.82) is 0 Å². The van der Waals surface area contributed by atoms with E-state index in [-0.39, 0.29) is 24.3 Å². The van der Waals surface area contributed by atoms with Crippen LogP contribution in [0.25, 0.3) is 0 Å². The SMILES string of the molecule is [2H]C([2H])([2H])c1nnc(C([2H])(C)C([2H])([2H])[2H])n1C1CC2CCC(C1)N2CCC(NC(=O)C1C([2H])([2H])C([2H])([2H])C(F)(F)C([2H])([2H])C1([2H])[2H])c1ccccc1. The zero-order valence-corrected chi connectivity index (χ0v) is 20.5. The Morgan fingerprint density at radius 2 is 1.89 bits per heavy atom. The number of piperidine rings is 1. The van der Waals surface area contributed by atoms with Gasteiger partial charge in [-0.1, -0.05) is 44.1 Å². The number of hydrogen-bond donors (Lipinski definition) is 1. The summed E-state index contributed by atoms with van der Waals surface area (Å²) in [6.07, 6.45) is -14.0. The van der Waals surface area contributed by atoms with Crippen LogP contribution in [0.4, 0.5) is 8.78 Å². The molecule has 5 rings (SSSR count). The Morgan fingerprint density at radius 1 is 1.19 bits per heavy atom. The van der Waals surface area contributed by atoms with E-state index in [9.17, 15) is 4.79 Å². The molecule has 2 bridgehead atoms. The summed E-state index contributed by atoms with van der Waals surface area (Å²) in [7, 11) is 0. The molecule has 2 saturated heterocycles. The Balaban J connectivity index is 1.40. The predicted octanol–water partition coefficient (Wildman–Crippen LogP) is 5.95. The van der Waals surface area contributed by atoms with Crippen molar-refractivity contribution in [2.24, 2.45) is 5.92 Å². The fraction of sp³-hybridized carbons (Fsp3) is 0.690. The minimum Gasteiger partial charge on any atom is -0.349 e. The van der Waals surface area contributed by atoms with E-state index in [1.54, 1.807) is 30.3 Å². The molecule has 3 fully saturated rings. The lowest BCUT2D eigenvalue weighted by Gasteiger charge is -2.40. The van der Waals surface area contributed by atoms with Gasteiger partial charge in [0.25, 0.3) is 0 Å². The average Bonchev–Trinajstić information content (AvgIpc) is 3.57. The molecule has 1 aromatic carbocycles. The first-order valence-electron chi connectivity index (χ1n) is 20.0. The topological polar surface area (TPSA) is 63.1 Å². The fourth-order valence-electron chi connectivity index (χ4n) is 5.78. The van der Waals surface area contributed by atoms with E-state index in [4.69, 9.17) is 20.6 Å². The number of carbonyl (C=O) groups is 1. The lowest BCUT2D eigenvalue weighted by molar-refractivity contribution is -0.130. The molecule has 1 aliphatic carbocycles. The second-order valence-corrected chi connectivity index (χ2v) is 9.90. The molecule has 3 heterocycles. The molecule has 2 aromatic rings. The normalized spacial score (nSPS) is 40.6. The maximum Gasteiger partial charge on any atom is 0.248 e. The maximum absolute atomic E-state index is 15.0. The van der Waals surface area contributed by atoms with Crippen LogP contribution in [-0.2, 0) is 4.79 Å². The molecule has 37 heavy (non-hydrogen) atoms. The van der Waals surface area contributed by atoms with Crippen molar-refractivity contribution in [3.8, 4) is 0 Å². The first kappa shape index (κ1) is 13.6. The lowest BCUT2D eigenvalue weighted by Crippen LogP contribution is -2.45. The zero-order chi connectivity index (χ0) is 39.3. The van der Waals surface area contributed by atoms with Gasteiger partial charge in [0.2, 0.25) is 11.8 Å². The molecule has 3 aliphatic rings. The Bertz CT molecular complexity index is 1600. The summed E-state index contributed by atoms with van der Waals surface area (Å²) in [6.45, 7) is -4.15. The zero-order valence-electron chi connectivity index (χ0n) is 35.5. The highest BCUT2D eigenvalue weighted by atomic mass is 19.3. The number of benzene rings is 1. The molecule has 1 saturated carbocycles. The third-order valence-electron chi connectivity index (χ3n) is 7.46.